The second-order valence-electron chi connectivity index (χ2n) is 3.70. The van der Waals surface area contributed by atoms with Gasteiger partial charge in [0.1, 0.15) is 6.33 Å². The number of aromatic nitrogens is 2. The van der Waals surface area contributed by atoms with Crippen molar-refractivity contribution in [2.24, 2.45) is 0 Å². The molecule has 1 aromatic rings. The minimum absolute atomic E-state index is 0.580. The summed E-state index contributed by atoms with van der Waals surface area (Å²) >= 11 is 0. The highest BCUT2D eigenvalue weighted by Crippen LogP contribution is 2.33. The zero-order valence-corrected chi connectivity index (χ0v) is 7.74. The van der Waals surface area contributed by atoms with Crippen molar-refractivity contribution in [1.29, 1.82) is 0 Å². The Bertz CT molecular complexity index is 279. The highest BCUT2D eigenvalue weighted by Gasteiger charge is 2.18. The van der Waals surface area contributed by atoms with Gasteiger partial charge < -0.3 is 5.73 Å². The summed E-state index contributed by atoms with van der Waals surface area (Å²) in [6.07, 6.45) is 9.77. The van der Waals surface area contributed by atoms with Gasteiger partial charge in [0.25, 0.3) is 0 Å². The molecule has 3 nitrogen and oxygen atoms in total. The molecule has 0 aliphatic heterocycles. The number of nitrogens with two attached hydrogens (primary N) is 1. The van der Waals surface area contributed by atoms with Gasteiger partial charge >= 0.3 is 0 Å². The second kappa shape index (κ2) is 3.73. The van der Waals surface area contributed by atoms with Crippen LogP contribution in [0.2, 0.25) is 0 Å². The maximum atomic E-state index is 5.83. The Hall–Kier alpha value is -1.12. The summed E-state index contributed by atoms with van der Waals surface area (Å²) in [7, 11) is 0. The van der Waals surface area contributed by atoms with Gasteiger partial charge in [-0.1, -0.05) is 19.3 Å². The van der Waals surface area contributed by atoms with Crippen LogP contribution in [0.4, 0.5) is 5.69 Å². The minimum Gasteiger partial charge on any atom is -0.396 e. The van der Waals surface area contributed by atoms with Crippen LogP contribution in [0.15, 0.2) is 12.5 Å². The molecule has 0 radical (unpaired) electrons. The van der Waals surface area contributed by atoms with E-state index >= 15 is 0 Å². The zero-order chi connectivity index (χ0) is 9.10. The topological polar surface area (TPSA) is 51.8 Å². The molecule has 0 bridgehead atoms. The Kier molecular flexibility index (Phi) is 2.43. The molecular formula is C10H15N3. The molecule has 2 N–H and O–H groups in total. The molecule has 1 heterocycles. The van der Waals surface area contributed by atoms with Crippen molar-refractivity contribution < 1.29 is 0 Å². The van der Waals surface area contributed by atoms with Crippen LogP contribution in [0.5, 0.6) is 0 Å². The van der Waals surface area contributed by atoms with Crippen LogP contribution in [-0.2, 0) is 0 Å². The first-order valence-electron chi connectivity index (χ1n) is 4.93. The van der Waals surface area contributed by atoms with Crippen molar-refractivity contribution in [3.05, 3.63) is 18.2 Å². The van der Waals surface area contributed by atoms with Crippen LogP contribution in [0.1, 0.15) is 43.7 Å². The van der Waals surface area contributed by atoms with Gasteiger partial charge in [-0.15, -0.1) is 0 Å². The van der Waals surface area contributed by atoms with Crippen LogP contribution in [0.3, 0.4) is 0 Å². The molecule has 1 saturated carbocycles. The minimum atomic E-state index is 0.580. The third-order valence-electron chi connectivity index (χ3n) is 2.76. The van der Waals surface area contributed by atoms with Gasteiger partial charge in [0.15, 0.2) is 0 Å². The fourth-order valence-electron chi connectivity index (χ4n) is 2.07. The van der Waals surface area contributed by atoms with Crippen molar-refractivity contribution in [1.82, 2.24) is 9.97 Å². The van der Waals surface area contributed by atoms with Crippen molar-refractivity contribution in [2.75, 3.05) is 5.73 Å². The molecule has 3 heteroatoms. The molecule has 1 aromatic heterocycles. The summed E-state index contributed by atoms with van der Waals surface area (Å²) in [6, 6.07) is 0. The highest BCUT2D eigenvalue weighted by atomic mass is 14.9. The summed E-state index contributed by atoms with van der Waals surface area (Å²) < 4.78 is 0. The van der Waals surface area contributed by atoms with E-state index in [0.717, 1.165) is 11.4 Å². The van der Waals surface area contributed by atoms with Crippen molar-refractivity contribution >= 4 is 5.69 Å². The molecule has 0 aromatic carbocycles. The molecule has 13 heavy (non-hydrogen) atoms. The van der Waals surface area contributed by atoms with Crippen molar-refractivity contribution in [2.45, 2.75) is 38.0 Å². The number of anilines is 1. The van der Waals surface area contributed by atoms with Gasteiger partial charge in [0.2, 0.25) is 0 Å². The number of hydrogen-bond acceptors (Lipinski definition) is 3. The monoisotopic (exact) mass is 177 g/mol. The summed E-state index contributed by atoms with van der Waals surface area (Å²) in [5, 5.41) is 0. The van der Waals surface area contributed by atoms with E-state index in [1.807, 2.05) is 0 Å². The van der Waals surface area contributed by atoms with E-state index in [4.69, 9.17) is 5.73 Å². The van der Waals surface area contributed by atoms with E-state index in [1.54, 1.807) is 12.5 Å². The van der Waals surface area contributed by atoms with E-state index in [2.05, 4.69) is 9.97 Å². The summed E-state index contributed by atoms with van der Waals surface area (Å²) in [5.41, 5.74) is 7.65. The van der Waals surface area contributed by atoms with Crippen LogP contribution >= 0.6 is 0 Å². The lowest BCUT2D eigenvalue weighted by molar-refractivity contribution is 0.437. The number of nitrogens with zero attached hydrogens (tertiary/aromatic N) is 2. The lowest BCUT2D eigenvalue weighted by atomic mass is 9.86. The second-order valence-corrected chi connectivity index (χ2v) is 3.70. The van der Waals surface area contributed by atoms with E-state index in [9.17, 15) is 0 Å². The standard InChI is InChI=1S/C10H15N3/c11-9-6-12-7-13-10(9)8-4-2-1-3-5-8/h6-8H,1-5,11H2. The van der Waals surface area contributed by atoms with E-state index in [-0.39, 0.29) is 0 Å². The third kappa shape index (κ3) is 1.79. The Labute approximate surface area is 78.4 Å². The van der Waals surface area contributed by atoms with Crippen LogP contribution in [-0.4, -0.2) is 9.97 Å². The fraction of sp³-hybridized carbons (Fsp3) is 0.600. The van der Waals surface area contributed by atoms with Gasteiger partial charge in [-0.05, 0) is 12.8 Å². The predicted octanol–water partition coefficient (Wildman–Crippen LogP) is 2.11. The molecule has 0 amide bonds. The van der Waals surface area contributed by atoms with Gasteiger partial charge in [0.05, 0.1) is 17.6 Å². The number of hydrogen-bond donors (Lipinski definition) is 1. The van der Waals surface area contributed by atoms with Crippen LogP contribution in [0, 0.1) is 0 Å². The van der Waals surface area contributed by atoms with Gasteiger partial charge in [-0.3, -0.25) is 0 Å². The smallest absolute Gasteiger partial charge is 0.115 e. The van der Waals surface area contributed by atoms with Gasteiger partial charge in [-0.2, -0.15) is 0 Å². The first-order valence-corrected chi connectivity index (χ1v) is 4.93. The lowest BCUT2D eigenvalue weighted by Crippen LogP contribution is -2.09. The quantitative estimate of drug-likeness (QED) is 0.714. The average Bonchev–Trinajstić information content (AvgIpc) is 2.20. The fourth-order valence-corrected chi connectivity index (χ4v) is 2.07. The normalized spacial score (nSPS) is 18.8. The van der Waals surface area contributed by atoms with E-state index < -0.39 is 0 Å². The summed E-state index contributed by atoms with van der Waals surface area (Å²) in [5.74, 6) is 0.580. The largest absolute Gasteiger partial charge is 0.396 e. The molecule has 1 fully saturated rings. The van der Waals surface area contributed by atoms with Gasteiger partial charge in [0, 0.05) is 5.92 Å². The van der Waals surface area contributed by atoms with Crippen molar-refractivity contribution in [3.8, 4) is 0 Å². The van der Waals surface area contributed by atoms with Crippen LogP contribution < -0.4 is 5.73 Å². The molecule has 70 valence electrons. The van der Waals surface area contributed by atoms with Gasteiger partial charge in [-0.25, -0.2) is 9.97 Å². The SMILES string of the molecule is Nc1cncnc1C1CCCCC1. The molecule has 0 unspecified atom stereocenters. The average molecular weight is 177 g/mol. The third-order valence-corrected chi connectivity index (χ3v) is 2.76. The Morgan fingerprint density at radius 1 is 1.23 bits per heavy atom. The maximum Gasteiger partial charge on any atom is 0.115 e. The molecule has 1 aliphatic carbocycles. The van der Waals surface area contributed by atoms with Crippen LogP contribution in [0.25, 0.3) is 0 Å². The summed E-state index contributed by atoms with van der Waals surface area (Å²) in [6.45, 7) is 0. The van der Waals surface area contributed by atoms with E-state index in [1.165, 1.54) is 32.1 Å². The molecule has 0 atom stereocenters. The lowest BCUT2D eigenvalue weighted by Gasteiger charge is -2.21. The summed E-state index contributed by atoms with van der Waals surface area (Å²) in [4.78, 5) is 8.17. The molecule has 0 spiro atoms. The Balaban J connectivity index is 2.18. The Morgan fingerprint density at radius 3 is 2.69 bits per heavy atom. The molecule has 2 rings (SSSR count). The zero-order valence-electron chi connectivity index (χ0n) is 7.74. The Morgan fingerprint density at radius 2 is 2.00 bits per heavy atom. The highest BCUT2D eigenvalue weighted by molar-refractivity contribution is 5.41. The number of rotatable bonds is 1. The molecular weight excluding hydrogens is 162 g/mol. The maximum absolute atomic E-state index is 5.83. The first-order chi connectivity index (χ1) is 6.38. The van der Waals surface area contributed by atoms with E-state index in [0.29, 0.717) is 5.92 Å². The molecule has 1 aliphatic rings. The predicted molar refractivity (Wildman–Crippen MR) is 52.3 cm³/mol. The molecule has 0 saturated heterocycles. The number of nitrogen functional groups attached to an aromatic ring is 1. The van der Waals surface area contributed by atoms with Crippen molar-refractivity contribution in [3.63, 3.8) is 0 Å². The first kappa shape index (κ1) is 8.48.